The summed E-state index contributed by atoms with van der Waals surface area (Å²) in [5, 5.41) is 8.02. The molecule has 3 rings (SSSR count). The number of carbonyl (C=O) groups is 1. The lowest BCUT2D eigenvalue weighted by molar-refractivity contribution is 0.0724. The molecule has 2 heterocycles. The lowest BCUT2D eigenvalue weighted by Crippen LogP contribution is -2.38. The third-order valence-electron chi connectivity index (χ3n) is 5.76. The number of nitrogens with zero attached hydrogens (tertiary/aromatic N) is 5. The molecular formula is C24H37IN6O. The Kier molecular flexibility index (Phi) is 9.99. The van der Waals surface area contributed by atoms with E-state index in [0.717, 1.165) is 55.3 Å². The quantitative estimate of drug-likeness (QED) is 0.335. The van der Waals surface area contributed by atoms with Crippen molar-refractivity contribution < 1.29 is 4.79 Å². The monoisotopic (exact) mass is 552 g/mol. The van der Waals surface area contributed by atoms with Crippen molar-refractivity contribution in [2.24, 2.45) is 12.0 Å². The molecule has 1 aliphatic rings. The first-order chi connectivity index (χ1) is 14.9. The van der Waals surface area contributed by atoms with Crippen LogP contribution in [0.2, 0.25) is 0 Å². The van der Waals surface area contributed by atoms with Crippen LogP contribution < -0.4 is 5.32 Å². The number of hydrogen-bond acceptors (Lipinski definition) is 3. The van der Waals surface area contributed by atoms with Gasteiger partial charge in [0.1, 0.15) is 0 Å². The number of benzene rings is 1. The van der Waals surface area contributed by atoms with E-state index in [9.17, 15) is 4.79 Å². The van der Waals surface area contributed by atoms with E-state index in [1.807, 2.05) is 47.9 Å². The molecule has 0 saturated carbocycles. The molecule has 0 aliphatic carbocycles. The first-order valence-electron chi connectivity index (χ1n) is 11.2. The fraction of sp³-hybridized carbons (Fsp3) is 0.542. The highest BCUT2D eigenvalue weighted by Gasteiger charge is 2.18. The molecule has 7 nitrogen and oxygen atoms in total. The normalized spacial score (nSPS) is 14.3. The van der Waals surface area contributed by atoms with E-state index < -0.39 is 0 Å². The Morgan fingerprint density at radius 2 is 1.84 bits per heavy atom. The Labute approximate surface area is 209 Å². The summed E-state index contributed by atoms with van der Waals surface area (Å²) in [6, 6.07) is 7.92. The molecule has 0 atom stereocenters. The number of guanidine groups is 1. The van der Waals surface area contributed by atoms with Crippen molar-refractivity contribution >= 4 is 35.8 Å². The molecule has 1 amide bonds. The van der Waals surface area contributed by atoms with Crippen LogP contribution in [0.1, 0.15) is 66.2 Å². The Hall–Kier alpha value is -2.10. The Morgan fingerprint density at radius 3 is 2.44 bits per heavy atom. The predicted molar refractivity (Wildman–Crippen MR) is 141 cm³/mol. The molecule has 1 fully saturated rings. The molecule has 0 radical (unpaired) electrons. The first kappa shape index (κ1) is 26.2. The zero-order valence-electron chi connectivity index (χ0n) is 20.0. The van der Waals surface area contributed by atoms with Crippen LogP contribution in [0.25, 0.3) is 0 Å². The van der Waals surface area contributed by atoms with Crippen LogP contribution in [0, 0.1) is 0 Å². The number of rotatable bonds is 6. The molecular weight excluding hydrogens is 515 g/mol. The van der Waals surface area contributed by atoms with E-state index in [2.05, 4.69) is 40.4 Å². The van der Waals surface area contributed by atoms with Crippen LogP contribution in [0.15, 0.2) is 35.5 Å². The summed E-state index contributed by atoms with van der Waals surface area (Å²) in [5.41, 5.74) is 4.22. The minimum Gasteiger partial charge on any atom is -0.352 e. The molecule has 2 aromatic rings. The summed E-state index contributed by atoms with van der Waals surface area (Å²) in [6.45, 7) is 7.47. The lowest BCUT2D eigenvalue weighted by Gasteiger charge is -2.26. The summed E-state index contributed by atoms with van der Waals surface area (Å²) >= 11 is 0. The molecule has 1 saturated heterocycles. The number of hydrogen-bond donors (Lipinski definition) is 1. The second-order valence-electron chi connectivity index (χ2n) is 8.67. The second kappa shape index (κ2) is 12.2. The van der Waals surface area contributed by atoms with Crippen molar-refractivity contribution in [1.82, 2.24) is 24.9 Å². The minimum absolute atomic E-state index is 0. The smallest absolute Gasteiger partial charge is 0.253 e. The highest BCUT2D eigenvalue weighted by Crippen LogP contribution is 2.19. The number of likely N-dealkylation sites (tertiary alicyclic amines) is 1. The van der Waals surface area contributed by atoms with Crippen LogP contribution in [0.5, 0.6) is 0 Å². The lowest BCUT2D eigenvalue weighted by atomic mass is 10.1. The maximum atomic E-state index is 12.6. The summed E-state index contributed by atoms with van der Waals surface area (Å²) in [6.07, 6.45) is 5.52. The SMILES string of the molecule is CN=C(NCc1ccc(C(=O)N2CCCCC2)cc1)N(C)Cc1cn(C)nc1C(C)C.I. The summed E-state index contributed by atoms with van der Waals surface area (Å²) in [7, 11) is 5.79. The summed E-state index contributed by atoms with van der Waals surface area (Å²) in [5.74, 6) is 1.35. The molecule has 1 aromatic carbocycles. The standard InChI is InChI=1S/C24H36N6O.HI/c1-18(2)22-21(17-29(5)27-22)16-28(4)24(25-3)26-15-19-9-11-20(12-10-19)23(31)30-13-7-6-8-14-30;/h9-12,17-18H,6-8,13-16H2,1-5H3,(H,25,26);1H. The highest BCUT2D eigenvalue weighted by molar-refractivity contribution is 14.0. The van der Waals surface area contributed by atoms with Gasteiger partial charge in [0, 0.05) is 64.6 Å². The number of aliphatic imine (C=N–C) groups is 1. The molecule has 1 N–H and O–H groups in total. The molecule has 32 heavy (non-hydrogen) atoms. The zero-order valence-corrected chi connectivity index (χ0v) is 22.3. The topological polar surface area (TPSA) is 65.8 Å². The maximum Gasteiger partial charge on any atom is 0.253 e. The maximum absolute atomic E-state index is 12.6. The van der Waals surface area contributed by atoms with Gasteiger partial charge in [0.2, 0.25) is 0 Å². The van der Waals surface area contributed by atoms with Gasteiger partial charge in [-0.3, -0.25) is 14.5 Å². The van der Waals surface area contributed by atoms with Crippen molar-refractivity contribution in [2.45, 2.75) is 52.1 Å². The summed E-state index contributed by atoms with van der Waals surface area (Å²) in [4.78, 5) is 21.1. The Balaban J connectivity index is 0.00000363. The summed E-state index contributed by atoms with van der Waals surface area (Å²) < 4.78 is 1.88. The van der Waals surface area contributed by atoms with Gasteiger partial charge in [-0.2, -0.15) is 5.10 Å². The number of amides is 1. The number of aryl methyl sites for hydroxylation is 1. The van der Waals surface area contributed by atoms with Gasteiger partial charge in [0.05, 0.1) is 5.69 Å². The van der Waals surface area contributed by atoms with E-state index >= 15 is 0 Å². The number of piperidine rings is 1. The van der Waals surface area contributed by atoms with Crippen molar-refractivity contribution in [2.75, 3.05) is 27.2 Å². The first-order valence-corrected chi connectivity index (χ1v) is 11.2. The van der Waals surface area contributed by atoms with Gasteiger partial charge in [-0.25, -0.2) is 0 Å². The Morgan fingerprint density at radius 1 is 1.19 bits per heavy atom. The van der Waals surface area contributed by atoms with Crippen molar-refractivity contribution in [3.63, 3.8) is 0 Å². The van der Waals surface area contributed by atoms with Crippen LogP contribution in [0.3, 0.4) is 0 Å². The van der Waals surface area contributed by atoms with Gasteiger partial charge in [0.25, 0.3) is 5.91 Å². The second-order valence-corrected chi connectivity index (χ2v) is 8.67. The third-order valence-corrected chi connectivity index (χ3v) is 5.76. The van der Waals surface area contributed by atoms with Crippen LogP contribution in [0.4, 0.5) is 0 Å². The largest absolute Gasteiger partial charge is 0.352 e. The van der Waals surface area contributed by atoms with E-state index in [1.165, 1.54) is 12.0 Å². The van der Waals surface area contributed by atoms with E-state index in [0.29, 0.717) is 12.5 Å². The molecule has 0 bridgehead atoms. The highest BCUT2D eigenvalue weighted by atomic mass is 127. The van der Waals surface area contributed by atoms with Gasteiger partial charge < -0.3 is 15.1 Å². The molecule has 1 aromatic heterocycles. The van der Waals surface area contributed by atoms with Gasteiger partial charge in [-0.1, -0.05) is 26.0 Å². The predicted octanol–water partition coefficient (Wildman–Crippen LogP) is 4.00. The fourth-order valence-electron chi connectivity index (χ4n) is 4.10. The minimum atomic E-state index is 0. The van der Waals surface area contributed by atoms with Gasteiger partial charge >= 0.3 is 0 Å². The van der Waals surface area contributed by atoms with Crippen molar-refractivity contribution in [3.8, 4) is 0 Å². The van der Waals surface area contributed by atoms with Gasteiger partial charge in [-0.15, -0.1) is 24.0 Å². The van der Waals surface area contributed by atoms with Gasteiger partial charge in [-0.05, 0) is 42.9 Å². The van der Waals surface area contributed by atoms with Crippen molar-refractivity contribution in [3.05, 3.63) is 52.8 Å². The van der Waals surface area contributed by atoms with E-state index in [4.69, 9.17) is 0 Å². The molecule has 0 unspecified atom stereocenters. The number of nitrogens with one attached hydrogen (secondary N) is 1. The molecule has 8 heteroatoms. The van der Waals surface area contributed by atoms with Crippen molar-refractivity contribution in [1.29, 1.82) is 0 Å². The fourth-order valence-corrected chi connectivity index (χ4v) is 4.10. The number of aromatic nitrogens is 2. The number of carbonyl (C=O) groups excluding carboxylic acids is 1. The average Bonchev–Trinajstić information content (AvgIpc) is 3.15. The third kappa shape index (κ3) is 6.70. The Bertz CT molecular complexity index is 900. The molecule has 0 spiro atoms. The van der Waals surface area contributed by atoms with Gasteiger partial charge in [0.15, 0.2) is 5.96 Å². The van der Waals surface area contributed by atoms with Crippen LogP contribution >= 0.6 is 24.0 Å². The van der Waals surface area contributed by atoms with E-state index in [-0.39, 0.29) is 29.9 Å². The average molecular weight is 553 g/mol. The van der Waals surface area contributed by atoms with Crippen LogP contribution in [-0.2, 0) is 20.1 Å². The van der Waals surface area contributed by atoms with Crippen LogP contribution in [-0.4, -0.2) is 58.6 Å². The molecule has 176 valence electrons. The van der Waals surface area contributed by atoms with E-state index in [1.54, 1.807) is 7.05 Å². The number of halogens is 1. The zero-order chi connectivity index (χ0) is 22.4. The molecule has 1 aliphatic heterocycles.